The summed E-state index contributed by atoms with van der Waals surface area (Å²) in [5.74, 6) is 0.316. The molecule has 4 atom stereocenters. The molecule has 1 heterocycles. The molecule has 0 amide bonds. The van der Waals surface area contributed by atoms with Gasteiger partial charge in [0.1, 0.15) is 6.10 Å². The lowest BCUT2D eigenvalue weighted by Crippen LogP contribution is -2.34. The topological polar surface area (TPSA) is 35.5 Å². The molecule has 0 radical (unpaired) electrons. The maximum atomic E-state index is 12.2. The predicted octanol–water partition coefficient (Wildman–Crippen LogP) is 3.68. The standard InChI is InChI=1S/C17H24O3/c1-5-14-12(4)16(15(19-14)11(2)3)20-17(18)13-9-7-6-8-10-13/h6-12,14-16H,5H2,1-4H3/t12-,14-,15+,16-/m0/s1. The molecule has 1 aromatic rings. The van der Waals surface area contributed by atoms with Gasteiger partial charge in [-0.15, -0.1) is 0 Å². The SMILES string of the molecule is CC[C@@H]1O[C@H](C(C)C)[C@@H](OC(=O)c2ccccc2)[C@H]1C. The number of esters is 1. The van der Waals surface area contributed by atoms with Crippen LogP contribution >= 0.6 is 0 Å². The summed E-state index contributed by atoms with van der Waals surface area (Å²) in [5.41, 5.74) is 0.599. The van der Waals surface area contributed by atoms with Gasteiger partial charge >= 0.3 is 5.97 Å². The molecule has 1 aromatic carbocycles. The lowest BCUT2D eigenvalue weighted by Gasteiger charge is -2.24. The lowest BCUT2D eigenvalue weighted by atomic mass is 9.92. The second-order valence-electron chi connectivity index (χ2n) is 5.89. The molecule has 0 bridgehead atoms. The normalized spacial score (nSPS) is 29.6. The van der Waals surface area contributed by atoms with Crippen molar-refractivity contribution in [3.05, 3.63) is 35.9 Å². The van der Waals surface area contributed by atoms with E-state index >= 15 is 0 Å². The van der Waals surface area contributed by atoms with Crippen LogP contribution in [0.15, 0.2) is 30.3 Å². The highest BCUT2D eigenvalue weighted by Gasteiger charge is 2.44. The van der Waals surface area contributed by atoms with Crippen LogP contribution in [0.3, 0.4) is 0 Å². The number of benzene rings is 1. The Morgan fingerprint density at radius 1 is 1.30 bits per heavy atom. The van der Waals surface area contributed by atoms with Gasteiger partial charge in [-0.05, 0) is 24.5 Å². The van der Waals surface area contributed by atoms with Crippen molar-refractivity contribution in [2.24, 2.45) is 11.8 Å². The fourth-order valence-electron chi connectivity index (χ4n) is 2.86. The van der Waals surface area contributed by atoms with E-state index in [9.17, 15) is 4.79 Å². The molecule has 1 aliphatic heterocycles. The van der Waals surface area contributed by atoms with Gasteiger partial charge in [-0.3, -0.25) is 0 Å². The van der Waals surface area contributed by atoms with Crippen LogP contribution in [-0.4, -0.2) is 24.3 Å². The highest BCUT2D eigenvalue weighted by molar-refractivity contribution is 5.89. The minimum Gasteiger partial charge on any atom is -0.456 e. The summed E-state index contributed by atoms with van der Waals surface area (Å²) in [6.45, 7) is 8.44. The minimum atomic E-state index is -0.256. The number of carbonyl (C=O) groups is 1. The van der Waals surface area contributed by atoms with Crippen molar-refractivity contribution in [3.8, 4) is 0 Å². The first kappa shape index (κ1) is 15.0. The molecular formula is C17H24O3. The molecule has 3 heteroatoms. The highest BCUT2D eigenvalue weighted by Crippen LogP contribution is 2.35. The number of carbonyl (C=O) groups excluding carboxylic acids is 1. The molecule has 0 N–H and O–H groups in total. The first-order chi connectivity index (χ1) is 9.54. The number of rotatable bonds is 4. The van der Waals surface area contributed by atoms with Crippen molar-refractivity contribution in [2.75, 3.05) is 0 Å². The van der Waals surface area contributed by atoms with Crippen molar-refractivity contribution in [1.29, 1.82) is 0 Å². The maximum Gasteiger partial charge on any atom is 0.338 e. The second-order valence-corrected chi connectivity index (χ2v) is 5.89. The molecule has 1 fully saturated rings. The Hall–Kier alpha value is -1.35. The molecule has 3 nitrogen and oxygen atoms in total. The van der Waals surface area contributed by atoms with E-state index in [2.05, 4.69) is 27.7 Å². The van der Waals surface area contributed by atoms with Crippen LogP contribution in [0.4, 0.5) is 0 Å². The molecule has 1 aliphatic rings. The van der Waals surface area contributed by atoms with Crippen molar-refractivity contribution in [3.63, 3.8) is 0 Å². The van der Waals surface area contributed by atoms with E-state index in [1.165, 1.54) is 0 Å². The Labute approximate surface area is 121 Å². The zero-order valence-corrected chi connectivity index (χ0v) is 12.7. The summed E-state index contributed by atoms with van der Waals surface area (Å²) in [6, 6.07) is 9.15. The van der Waals surface area contributed by atoms with Crippen LogP contribution < -0.4 is 0 Å². The smallest absolute Gasteiger partial charge is 0.338 e. The van der Waals surface area contributed by atoms with Crippen LogP contribution in [0.5, 0.6) is 0 Å². The Bertz CT molecular complexity index is 441. The summed E-state index contributed by atoms with van der Waals surface area (Å²) < 4.78 is 11.8. The van der Waals surface area contributed by atoms with E-state index in [0.717, 1.165) is 6.42 Å². The molecule has 0 unspecified atom stereocenters. The fourth-order valence-corrected chi connectivity index (χ4v) is 2.86. The van der Waals surface area contributed by atoms with E-state index in [4.69, 9.17) is 9.47 Å². The third kappa shape index (κ3) is 3.04. The van der Waals surface area contributed by atoms with E-state index in [-0.39, 0.29) is 30.2 Å². The summed E-state index contributed by atoms with van der Waals surface area (Å²) >= 11 is 0. The zero-order chi connectivity index (χ0) is 14.7. The zero-order valence-electron chi connectivity index (χ0n) is 12.7. The van der Waals surface area contributed by atoms with Gasteiger partial charge in [0, 0.05) is 5.92 Å². The first-order valence-corrected chi connectivity index (χ1v) is 7.46. The molecule has 1 saturated heterocycles. The lowest BCUT2D eigenvalue weighted by molar-refractivity contribution is -0.0317. The number of hydrogen-bond donors (Lipinski definition) is 0. The Kier molecular flexibility index (Phi) is 4.81. The predicted molar refractivity (Wildman–Crippen MR) is 78.6 cm³/mol. The van der Waals surface area contributed by atoms with Crippen LogP contribution in [0, 0.1) is 11.8 Å². The van der Waals surface area contributed by atoms with Crippen LogP contribution in [0.2, 0.25) is 0 Å². The van der Waals surface area contributed by atoms with Gasteiger partial charge in [-0.25, -0.2) is 4.79 Å². The number of ether oxygens (including phenoxy) is 2. The highest BCUT2D eigenvalue weighted by atomic mass is 16.6. The summed E-state index contributed by atoms with van der Waals surface area (Å²) in [5, 5.41) is 0. The van der Waals surface area contributed by atoms with Gasteiger partial charge in [0.15, 0.2) is 0 Å². The van der Waals surface area contributed by atoms with Gasteiger partial charge in [0.25, 0.3) is 0 Å². The minimum absolute atomic E-state index is 0.0115. The number of hydrogen-bond acceptors (Lipinski definition) is 3. The van der Waals surface area contributed by atoms with Crippen LogP contribution in [0.1, 0.15) is 44.5 Å². The van der Waals surface area contributed by atoms with Crippen molar-refractivity contribution < 1.29 is 14.3 Å². The van der Waals surface area contributed by atoms with Gasteiger partial charge in [-0.2, -0.15) is 0 Å². The second kappa shape index (κ2) is 6.40. The van der Waals surface area contributed by atoms with E-state index in [0.29, 0.717) is 11.5 Å². The summed E-state index contributed by atoms with van der Waals surface area (Å²) in [4.78, 5) is 12.2. The molecule has 0 spiro atoms. The average Bonchev–Trinajstić information content (AvgIpc) is 2.77. The van der Waals surface area contributed by atoms with Crippen molar-refractivity contribution >= 4 is 5.97 Å². The molecule has 20 heavy (non-hydrogen) atoms. The van der Waals surface area contributed by atoms with Gasteiger partial charge < -0.3 is 9.47 Å². The molecule has 0 aromatic heterocycles. The molecular weight excluding hydrogens is 252 g/mol. The maximum absolute atomic E-state index is 12.2. The Morgan fingerprint density at radius 3 is 2.50 bits per heavy atom. The quantitative estimate of drug-likeness (QED) is 0.787. The van der Waals surface area contributed by atoms with E-state index in [1.54, 1.807) is 12.1 Å². The first-order valence-electron chi connectivity index (χ1n) is 7.46. The van der Waals surface area contributed by atoms with E-state index in [1.807, 2.05) is 18.2 Å². The van der Waals surface area contributed by atoms with Gasteiger partial charge in [0.05, 0.1) is 17.8 Å². The largest absolute Gasteiger partial charge is 0.456 e. The van der Waals surface area contributed by atoms with Crippen LogP contribution in [-0.2, 0) is 9.47 Å². The molecule has 2 rings (SSSR count). The van der Waals surface area contributed by atoms with E-state index < -0.39 is 0 Å². The Morgan fingerprint density at radius 2 is 1.95 bits per heavy atom. The fraction of sp³-hybridized carbons (Fsp3) is 0.588. The van der Waals surface area contributed by atoms with Crippen molar-refractivity contribution in [2.45, 2.75) is 52.4 Å². The summed E-state index contributed by atoms with van der Waals surface area (Å²) in [6.07, 6.45) is 0.954. The van der Waals surface area contributed by atoms with Gasteiger partial charge in [-0.1, -0.05) is 45.9 Å². The molecule has 0 aliphatic carbocycles. The Balaban J connectivity index is 2.11. The average molecular weight is 276 g/mol. The third-order valence-corrected chi connectivity index (χ3v) is 4.07. The molecule has 110 valence electrons. The third-order valence-electron chi connectivity index (χ3n) is 4.07. The monoisotopic (exact) mass is 276 g/mol. The van der Waals surface area contributed by atoms with Crippen LogP contribution in [0.25, 0.3) is 0 Å². The van der Waals surface area contributed by atoms with Crippen molar-refractivity contribution in [1.82, 2.24) is 0 Å². The molecule has 0 saturated carbocycles. The summed E-state index contributed by atoms with van der Waals surface area (Å²) in [7, 11) is 0. The van der Waals surface area contributed by atoms with Gasteiger partial charge in [0.2, 0.25) is 0 Å².